The molecule has 2 aliphatic rings. The number of pyridine rings is 1. The average Bonchev–Trinajstić information content (AvgIpc) is 2.68. The lowest BCUT2D eigenvalue weighted by molar-refractivity contribution is -0.140. The van der Waals surface area contributed by atoms with Gasteiger partial charge < -0.3 is 25.0 Å². The Morgan fingerprint density at radius 1 is 1.22 bits per heavy atom. The van der Waals surface area contributed by atoms with Gasteiger partial charge in [-0.3, -0.25) is 14.4 Å². The van der Waals surface area contributed by atoms with Gasteiger partial charge in [-0.2, -0.15) is 0 Å². The molecule has 1 aliphatic heterocycles. The summed E-state index contributed by atoms with van der Waals surface area (Å²) in [7, 11) is 1.61. The molecule has 27 heavy (non-hydrogen) atoms. The monoisotopic (exact) mass is 377 g/mol. The number of aromatic nitrogens is 1. The topological polar surface area (TPSA) is 112 Å². The van der Waals surface area contributed by atoms with Gasteiger partial charge in [0.1, 0.15) is 0 Å². The molecular weight excluding hydrogens is 350 g/mol. The molecule has 3 N–H and O–H groups in total. The Labute approximate surface area is 157 Å². The van der Waals surface area contributed by atoms with Crippen LogP contribution in [0.1, 0.15) is 42.5 Å². The molecule has 2 heterocycles. The smallest absolute Gasteiger partial charge is 0.253 e. The first-order valence-electron chi connectivity index (χ1n) is 9.47. The van der Waals surface area contributed by atoms with E-state index in [9.17, 15) is 19.5 Å². The Kier molecular flexibility index (Phi) is 6.28. The molecule has 0 unspecified atom stereocenters. The van der Waals surface area contributed by atoms with Crippen molar-refractivity contribution in [3.05, 3.63) is 34.2 Å². The Balaban J connectivity index is 1.64. The number of carbonyl (C=O) groups excluding carboxylic acids is 2. The van der Waals surface area contributed by atoms with Gasteiger partial charge in [-0.05, 0) is 38.2 Å². The lowest BCUT2D eigenvalue weighted by Gasteiger charge is -2.38. The van der Waals surface area contributed by atoms with Crippen LogP contribution >= 0.6 is 0 Å². The Hall–Kier alpha value is -2.19. The van der Waals surface area contributed by atoms with E-state index in [0.717, 1.165) is 6.42 Å². The molecule has 3 rings (SSSR count). The summed E-state index contributed by atoms with van der Waals surface area (Å²) in [6.45, 7) is 1.16. The number of hydrogen-bond donors (Lipinski definition) is 3. The highest BCUT2D eigenvalue weighted by Gasteiger charge is 2.37. The van der Waals surface area contributed by atoms with Crippen LogP contribution in [0, 0.1) is 5.92 Å². The summed E-state index contributed by atoms with van der Waals surface area (Å²) < 4.78 is 5.52. The highest BCUT2D eigenvalue weighted by molar-refractivity contribution is 5.94. The number of amides is 2. The van der Waals surface area contributed by atoms with Crippen molar-refractivity contribution in [1.82, 2.24) is 15.2 Å². The first-order valence-corrected chi connectivity index (χ1v) is 9.47. The first-order chi connectivity index (χ1) is 13.0. The Morgan fingerprint density at radius 2 is 1.96 bits per heavy atom. The standard InChI is InChI=1S/C19H27N3O5/c1-27-16-4-2-12(19(26)22-8-6-14(23)7-9-22)10-15(16)21-18(25)13-3-5-17(24)20-11-13/h3,5,11-12,14-16,23H,2,4,6-10H2,1H3,(H,20,24)(H,21,25)/t12-,15+,16+/m0/s1. The second-order valence-electron chi connectivity index (χ2n) is 7.36. The van der Waals surface area contributed by atoms with Crippen molar-refractivity contribution in [2.24, 2.45) is 5.92 Å². The number of aliphatic hydroxyl groups is 1. The van der Waals surface area contributed by atoms with Gasteiger partial charge in [-0.1, -0.05) is 0 Å². The van der Waals surface area contributed by atoms with Gasteiger partial charge in [0.05, 0.1) is 23.8 Å². The van der Waals surface area contributed by atoms with Gasteiger partial charge >= 0.3 is 0 Å². The summed E-state index contributed by atoms with van der Waals surface area (Å²) in [5, 5.41) is 12.6. The maximum atomic E-state index is 12.8. The summed E-state index contributed by atoms with van der Waals surface area (Å²) in [5.74, 6) is -0.361. The number of aliphatic hydroxyl groups excluding tert-OH is 1. The number of H-pyrrole nitrogens is 1. The number of hydrogen-bond acceptors (Lipinski definition) is 5. The minimum Gasteiger partial charge on any atom is -0.393 e. The van der Waals surface area contributed by atoms with Crippen LogP contribution < -0.4 is 10.9 Å². The first kappa shape index (κ1) is 19.6. The summed E-state index contributed by atoms with van der Waals surface area (Å²) in [4.78, 5) is 40.8. The number of nitrogens with zero attached hydrogens (tertiary/aromatic N) is 1. The van der Waals surface area contributed by atoms with Crippen LogP contribution in [0.5, 0.6) is 0 Å². The van der Waals surface area contributed by atoms with Gasteiger partial charge in [0.25, 0.3) is 5.91 Å². The van der Waals surface area contributed by atoms with Crippen LogP contribution in [0.3, 0.4) is 0 Å². The van der Waals surface area contributed by atoms with Crippen molar-refractivity contribution in [2.75, 3.05) is 20.2 Å². The molecule has 1 aromatic rings. The number of methoxy groups -OCH3 is 1. The number of rotatable bonds is 4. The van der Waals surface area contributed by atoms with E-state index in [1.165, 1.54) is 18.3 Å². The van der Waals surface area contributed by atoms with Crippen LogP contribution in [-0.4, -0.2) is 65.3 Å². The van der Waals surface area contributed by atoms with Crippen LogP contribution in [0.25, 0.3) is 0 Å². The van der Waals surface area contributed by atoms with E-state index in [-0.39, 0.29) is 41.5 Å². The van der Waals surface area contributed by atoms with E-state index in [1.54, 1.807) is 7.11 Å². The number of piperidine rings is 1. The third kappa shape index (κ3) is 4.75. The molecule has 8 heteroatoms. The van der Waals surface area contributed by atoms with Gasteiger partial charge in [0, 0.05) is 38.4 Å². The van der Waals surface area contributed by atoms with E-state index >= 15 is 0 Å². The summed E-state index contributed by atoms with van der Waals surface area (Å²) in [6.07, 6.45) is 4.08. The fourth-order valence-corrected chi connectivity index (χ4v) is 3.95. The van der Waals surface area contributed by atoms with E-state index in [2.05, 4.69) is 10.3 Å². The molecule has 0 spiro atoms. The predicted molar refractivity (Wildman–Crippen MR) is 98.3 cm³/mol. The molecule has 2 amide bonds. The van der Waals surface area contributed by atoms with Gasteiger partial charge in [-0.25, -0.2) is 0 Å². The maximum Gasteiger partial charge on any atom is 0.253 e. The Bertz CT molecular complexity index is 706. The zero-order valence-electron chi connectivity index (χ0n) is 15.5. The van der Waals surface area contributed by atoms with E-state index < -0.39 is 0 Å². The summed E-state index contributed by atoms with van der Waals surface area (Å²) >= 11 is 0. The molecule has 1 saturated heterocycles. The molecule has 1 saturated carbocycles. The number of likely N-dealkylation sites (tertiary alicyclic amines) is 1. The zero-order valence-corrected chi connectivity index (χ0v) is 15.5. The van der Waals surface area contributed by atoms with Gasteiger partial charge in [0.15, 0.2) is 0 Å². The summed E-state index contributed by atoms with van der Waals surface area (Å²) in [6, 6.07) is 2.51. The van der Waals surface area contributed by atoms with Crippen molar-refractivity contribution in [1.29, 1.82) is 0 Å². The number of carbonyl (C=O) groups is 2. The highest BCUT2D eigenvalue weighted by atomic mass is 16.5. The molecule has 0 radical (unpaired) electrons. The van der Waals surface area contributed by atoms with Gasteiger partial charge in [0.2, 0.25) is 11.5 Å². The van der Waals surface area contributed by atoms with Crippen molar-refractivity contribution >= 4 is 11.8 Å². The second-order valence-corrected chi connectivity index (χ2v) is 7.36. The second kappa shape index (κ2) is 8.67. The fraction of sp³-hybridized carbons (Fsp3) is 0.632. The minimum atomic E-state index is -0.317. The van der Waals surface area contributed by atoms with Crippen molar-refractivity contribution in [3.63, 3.8) is 0 Å². The fourth-order valence-electron chi connectivity index (χ4n) is 3.95. The average molecular weight is 377 g/mol. The molecule has 1 aliphatic carbocycles. The van der Waals surface area contributed by atoms with Crippen LogP contribution in [-0.2, 0) is 9.53 Å². The van der Waals surface area contributed by atoms with E-state index in [4.69, 9.17) is 4.74 Å². The third-order valence-corrected chi connectivity index (χ3v) is 5.58. The highest BCUT2D eigenvalue weighted by Crippen LogP contribution is 2.29. The largest absolute Gasteiger partial charge is 0.393 e. The molecule has 2 fully saturated rings. The zero-order chi connectivity index (χ0) is 19.4. The molecule has 148 valence electrons. The van der Waals surface area contributed by atoms with Crippen molar-refractivity contribution in [2.45, 2.75) is 50.4 Å². The molecule has 1 aromatic heterocycles. The van der Waals surface area contributed by atoms with Crippen molar-refractivity contribution in [3.8, 4) is 0 Å². The van der Waals surface area contributed by atoms with Crippen LogP contribution in [0.2, 0.25) is 0 Å². The molecule has 8 nitrogen and oxygen atoms in total. The third-order valence-electron chi connectivity index (χ3n) is 5.58. The van der Waals surface area contributed by atoms with Crippen LogP contribution in [0.4, 0.5) is 0 Å². The molecule has 3 atom stereocenters. The molecule has 0 bridgehead atoms. The molecular formula is C19H27N3O5. The van der Waals surface area contributed by atoms with Gasteiger partial charge in [-0.15, -0.1) is 0 Å². The lowest BCUT2D eigenvalue weighted by atomic mass is 9.82. The normalized spacial score (nSPS) is 26.6. The van der Waals surface area contributed by atoms with E-state index in [0.29, 0.717) is 44.3 Å². The molecule has 0 aromatic carbocycles. The van der Waals surface area contributed by atoms with Crippen LogP contribution in [0.15, 0.2) is 23.1 Å². The quantitative estimate of drug-likeness (QED) is 0.697. The van der Waals surface area contributed by atoms with Crippen molar-refractivity contribution < 1.29 is 19.4 Å². The van der Waals surface area contributed by atoms with E-state index in [1.807, 2.05) is 4.90 Å². The predicted octanol–water partition coefficient (Wildman–Crippen LogP) is 0.272. The maximum absolute atomic E-state index is 12.8. The lowest BCUT2D eigenvalue weighted by Crippen LogP contribution is -2.51. The summed E-state index contributed by atoms with van der Waals surface area (Å²) in [5.41, 5.74) is 0.0965. The SMILES string of the molecule is CO[C@@H]1CC[C@H](C(=O)N2CCC(O)CC2)C[C@H]1NC(=O)c1ccc(=O)[nH]c1. The minimum absolute atomic E-state index is 0.0970. The Morgan fingerprint density at radius 3 is 2.59 bits per heavy atom. The number of nitrogens with one attached hydrogen (secondary N) is 2. The number of ether oxygens (including phenoxy) is 1. The number of aromatic amines is 1.